The van der Waals surface area contributed by atoms with Gasteiger partial charge < -0.3 is 10.6 Å². The van der Waals surface area contributed by atoms with Crippen LogP contribution in [0.4, 0.5) is 11.8 Å². The van der Waals surface area contributed by atoms with Crippen LogP contribution in [0.2, 0.25) is 0 Å². The van der Waals surface area contributed by atoms with Crippen molar-refractivity contribution in [3.63, 3.8) is 0 Å². The first-order chi connectivity index (χ1) is 9.19. The third kappa shape index (κ3) is 3.89. The minimum Gasteiger partial charge on any atom is -0.361 e. The number of rotatable bonds is 6. The van der Waals surface area contributed by atoms with E-state index in [0.717, 1.165) is 29.5 Å². The molecule has 1 unspecified atom stereocenters. The summed E-state index contributed by atoms with van der Waals surface area (Å²) >= 11 is 1.66. The molecule has 2 heterocycles. The quantitative estimate of drug-likeness (QED) is 0.848. The maximum atomic E-state index is 4.48. The van der Waals surface area contributed by atoms with Crippen LogP contribution in [-0.2, 0) is 0 Å². The maximum absolute atomic E-state index is 4.48. The first kappa shape index (κ1) is 13.7. The van der Waals surface area contributed by atoms with Crippen molar-refractivity contribution in [2.24, 2.45) is 0 Å². The standard InChI is InChI=1S/C13H19N5S/c1-4-6-14-13-15-7-5-11(18-13)17-10(3)12-16-9(2)8-19-12/h5,7-8,10H,4,6H2,1-3H3,(H2,14,15,17,18). The molecule has 0 aliphatic carbocycles. The normalized spacial score (nSPS) is 12.2. The number of hydrogen-bond acceptors (Lipinski definition) is 6. The molecular formula is C13H19N5S. The van der Waals surface area contributed by atoms with Gasteiger partial charge in [-0.3, -0.25) is 0 Å². The highest BCUT2D eigenvalue weighted by Gasteiger charge is 2.10. The zero-order valence-corrected chi connectivity index (χ0v) is 12.3. The lowest BCUT2D eigenvalue weighted by atomic mass is 10.3. The molecule has 6 heteroatoms. The fourth-order valence-corrected chi connectivity index (χ4v) is 2.42. The summed E-state index contributed by atoms with van der Waals surface area (Å²) in [7, 11) is 0. The molecule has 2 aromatic rings. The Morgan fingerprint density at radius 3 is 2.89 bits per heavy atom. The van der Waals surface area contributed by atoms with Crippen LogP contribution in [0.1, 0.15) is 37.0 Å². The van der Waals surface area contributed by atoms with Crippen molar-refractivity contribution in [2.75, 3.05) is 17.2 Å². The number of nitrogens with one attached hydrogen (secondary N) is 2. The summed E-state index contributed by atoms with van der Waals surface area (Å²) in [6, 6.07) is 2.02. The highest BCUT2D eigenvalue weighted by Crippen LogP contribution is 2.21. The molecule has 19 heavy (non-hydrogen) atoms. The number of hydrogen-bond donors (Lipinski definition) is 2. The van der Waals surface area contributed by atoms with Gasteiger partial charge >= 0.3 is 0 Å². The zero-order chi connectivity index (χ0) is 13.7. The van der Waals surface area contributed by atoms with Crippen LogP contribution in [0.15, 0.2) is 17.6 Å². The van der Waals surface area contributed by atoms with Crippen molar-refractivity contribution >= 4 is 23.1 Å². The largest absolute Gasteiger partial charge is 0.361 e. The van der Waals surface area contributed by atoms with E-state index < -0.39 is 0 Å². The predicted molar refractivity (Wildman–Crippen MR) is 79.7 cm³/mol. The maximum Gasteiger partial charge on any atom is 0.224 e. The fourth-order valence-electron chi connectivity index (χ4n) is 1.62. The molecule has 5 nitrogen and oxygen atoms in total. The van der Waals surface area contributed by atoms with Crippen molar-refractivity contribution in [1.29, 1.82) is 0 Å². The van der Waals surface area contributed by atoms with Crippen LogP contribution in [0.3, 0.4) is 0 Å². The van der Waals surface area contributed by atoms with Gasteiger partial charge in [0.25, 0.3) is 0 Å². The summed E-state index contributed by atoms with van der Waals surface area (Å²) in [5.74, 6) is 1.48. The third-order valence-corrected chi connectivity index (χ3v) is 3.71. The fraction of sp³-hybridized carbons (Fsp3) is 0.462. The summed E-state index contributed by atoms with van der Waals surface area (Å²) in [5.41, 5.74) is 1.06. The summed E-state index contributed by atoms with van der Waals surface area (Å²) in [4.78, 5) is 13.1. The topological polar surface area (TPSA) is 62.7 Å². The second-order valence-corrected chi connectivity index (χ2v) is 5.28. The molecule has 0 fully saturated rings. The average Bonchev–Trinajstić information content (AvgIpc) is 2.83. The van der Waals surface area contributed by atoms with E-state index in [0.29, 0.717) is 5.95 Å². The van der Waals surface area contributed by atoms with Crippen molar-refractivity contribution in [2.45, 2.75) is 33.2 Å². The number of thiazole rings is 1. The average molecular weight is 277 g/mol. The predicted octanol–water partition coefficient (Wildman–Crippen LogP) is 3.24. The first-order valence-electron chi connectivity index (χ1n) is 6.44. The lowest BCUT2D eigenvalue weighted by Crippen LogP contribution is -2.10. The molecule has 2 N–H and O–H groups in total. The Balaban J connectivity index is 2.02. The van der Waals surface area contributed by atoms with Gasteiger partial charge in [-0.15, -0.1) is 11.3 Å². The Labute approximate surface area is 117 Å². The van der Waals surface area contributed by atoms with Gasteiger partial charge in [-0.2, -0.15) is 4.98 Å². The number of aromatic nitrogens is 3. The Hall–Kier alpha value is -1.69. The van der Waals surface area contributed by atoms with Gasteiger partial charge in [-0.25, -0.2) is 9.97 Å². The summed E-state index contributed by atoms with van der Waals surface area (Å²) in [5, 5.41) is 9.65. The van der Waals surface area contributed by atoms with Gasteiger partial charge in [0, 0.05) is 23.8 Å². The molecular weight excluding hydrogens is 258 g/mol. The highest BCUT2D eigenvalue weighted by atomic mass is 32.1. The Morgan fingerprint density at radius 1 is 1.37 bits per heavy atom. The SMILES string of the molecule is CCCNc1nccc(NC(C)c2nc(C)cs2)n1. The Bertz CT molecular complexity index is 525. The molecule has 2 rings (SSSR count). The van der Waals surface area contributed by atoms with E-state index in [1.807, 2.05) is 13.0 Å². The zero-order valence-electron chi connectivity index (χ0n) is 11.5. The molecule has 0 aliphatic heterocycles. The van der Waals surface area contributed by atoms with E-state index in [4.69, 9.17) is 0 Å². The minimum atomic E-state index is 0.146. The lowest BCUT2D eigenvalue weighted by Gasteiger charge is -2.12. The van der Waals surface area contributed by atoms with E-state index in [-0.39, 0.29) is 6.04 Å². The van der Waals surface area contributed by atoms with Gasteiger partial charge in [-0.05, 0) is 26.3 Å². The second-order valence-electron chi connectivity index (χ2n) is 4.39. The smallest absolute Gasteiger partial charge is 0.224 e. The highest BCUT2D eigenvalue weighted by molar-refractivity contribution is 7.09. The van der Waals surface area contributed by atoms with Gasteiger partial charge in [0.15, 0.2) is 0 Å². The lowest BCUT2D eigenvalue weighted by molar-refractivity contribution is 0.852. The van der Waals surface area contributed by atoms with Gasteiger partial charge in [-0.1, -0.05) is 6.92 Å². The molecule has 0 spiro atoms. The molecule has 0 amide bonds. The van der Waals surface area contributed by atoms with Gasteiger partial charge in [0.2, 0.25) is 5.95 Å². The molecule has 102 valence electrons. The van der Waals surface area contributed by atoms with Crippen molar-refractivity contribution in [3.8, 4) is 0 Å². The van der Waals surface area contributed by atoms with Crippen LogP contribution in [-0.4, -0.2) is 21.5 Å². The monoisotopic (exact) mass is 277 g/mol. The van der Waals surface area contributed by atoms with Gasteiger partial charge in [0.1, 0.15) is 10.8 Å². The van der Waals surface area contributed by atoms with Crippen LogP contribution >= 0.6 is 11.3 Å². The van der Waals surface area contributed by atoms with Crippen LogP contribution in [0, 0.1) is 6.92 Å². The van der Waals surface area contributed by atoms with E-state index >= 15 is 0 Å². The van der Waals surface area contributed by atoms with Crippen molar-refractivity contribution in [1.82, 2.24) is 15.0 Å². The van der Waals surface area contributed by atoms with Crippen LogP contribution < -0.4 is 10.6 Å². The molecule has 0 aromatic carbocycles. The summed E-state index contributed by atoms with van der Waals surface area (Å²) in [6.45, 7) is 7.08. The number of anilines is 2. The summed E-state index contributed by atoms with van der Waals surface area (Å²) in [6.07, 6.45) is 2.81. The first-order valence-corrected chi connectivity index (χ1v) is 7.32. The molecule has 2 aromatic heterocycles. The number of nitrogens with zero attached hydrogens (tertiary/aromatic N) is 3. The third-order valence-electron chi connectivity index (χ3n) is 2.56. The molecule has 0 aliphatic rings. The Morgan fingerprint density at radius 2 is 2.21 bits per heavy atom. The molecule has 0 radical (unpaired) electrons. The van der Waals surface area contributed by atoms with Crippen LogP contribution in [0.5, 0.6) is 0 Å². The van der Waals surface area contributed by atoms with E-state index in [1.54, 1.807) is 17.5 Å². The minimum absolute atomic E-state index is 0.146. The summed E-state index contributed by atoms with van der Waals surface area (Å²) < 4.78 is 0. The van der Waals surface area contributed by atoms with Crippen molar-refractivity contribution in [3.05, 3.63) is 28.3 Å². The second kappa shape index (κ2) is 6.47. The molecule has 0 saturated heterocycles. The molecule has 0 saturated carbocycles. The van der Waals surface area contributed by atoms with E-state index in [9.17, 15) is 0 Å². The molecule has 0 bridgehead atoms. The van der Waals surface area contributed by atoms with Crippen molar-refractivity contribution < 1.29 is 0 Å². The van der Waals surface area contributed by atoms with E-state index in [2.05, 4.69) is 44.8 Å². The van der Waals surface area contributed by atoms with Gasteiger partial charge in [0.05, 0.1) is 6.04 Å². The van der Waals surface area contributed by atoms with E-state index in [1.165, 1.54) is 0 Å². The number of aryl methyl sites for hydroxylation is 1. The van der Waals surface area contributed by atoms with Crippen LogP contribution in [0.25, 0.3) is 0 Å². The Kier molecular flexibility index (Phi) is 4.68. The molecule has 1 atom stereocenters.